The van der Waals surface area contributed by atoms with Crippen LogP contribution in [0.3, 0.4) is 0 Å². The van der Waals surface area contributed by atoms with E-state index < -0.39 is 0 Å². The topological polar surface area (TPSA) is 68.4 Å². The smallest absolute Gasteiger partial charge is 0.162 e. The first-order valence-electron chi connectivity index (χ1n) is 5.97. The number of aromatic amines is 1. The maximum absolute atomic E-state index is 5.75. The molecule has 5 heteroatoms. The van der Waals surface area contributed by atoms with Gasteiger partial charge < -0.3 is 20.4 Å². The number of nitrogens with two attached hydrogens (primary N) is 1. The van der Waals surface area contributed by atoms with Gasteiger partial charge in [-0.15, -0.1) is 0 Å². The lowest BCUT2D eigenvalue weighted by molar-refractivity contribution is -0.922. The third-order valence-electron chi connectivity index (χ3n) is 3.17. The molecule has 0 unspecified atom stereocenters. The predicted octanol–water partition coefficient (Wildman–Crippen LogP) is -0.440. The molecule has 1 aromatic carbocycles. The van der Waals surface area contributed by atoms with Crippen LogP contribution in [0.1, 0.15) is 5.82 Å². The van der Waals surface area contributed by atoms with Crippen LogP contribution < -0.4 is 10.6 Å². The number of nitrogen functional groups attached to an aromatic ring is 1. The minimum atomic E-state index is 0.770. The van der Waals surface area contributed by atoms with Crippen LogP contribution in [0.2, 0.25) is 0 Å². The van der Waals surface area contributed by atoms with Crippen molar-refractivity contribution in [2.45, 2.75) is 6.54 Å². The molecule has 0 saturated carbocycles. The summed E-state index contributed by atoms with van der Waals surface area (Å²) in [5.74, 6) is 1.03. The van der Waals surface area contributed by atoms with Gasteiger partial charge in [-0.3, -0.25) is 0 Å². The number of anilines is 1. The molecule has 1 aliphatic heterocycles. The Balaban J connectivity index is 1.80. The van der Waals surface area contributed by atoms with Gasteiger partial charge in [-0.05, 0) is 18.2 Å². The largest absolute Gasteiger partial charge is 0.399 e. The fraction of sp³-hybridized carbons (Fsp3) is 0.417. The highest BCUT2D eigenvalue weighted by Crippen LogP contribution is 2.14. The maximum atomic E-state index is 5.75. The molecule has 5 nitrogen and oxygen atoms in total. The van der Waals surface area contributed by atoms with Crippen LogP contribution in [-0.4, -0.2) is 36.3 Å². The SMILES string of the molecule is Nc1ccc2nc(C[NH+]3CCOCC3)[nH]c2c1. The predicted molar refractivity (Wildman–Crippen MR) is 65.7 cm³/mol. The lowest BCUT2D eigenvalue weighted by Crippen LogP contribution is -3.12. The van der Waals surface area contributed by atoms with E-state index in [9.17, 15) is 0 Å². The minimum absolute atomic E-state index is 0.770. The average molecular weight is 233 g/mol. The van der Waals surface area contributed by atoms with Crippen LogP contribution in [0, 0.1) is 0 Å². The number of hydrogen-bond acceptors (Lipinski definition) is 3. The van der Waals surface area contributed by atoms with Crippen molar-refractivity contribution < 1.29 is 9.64 Å². The van der Waals surface area contributed by atoms with Crippen LogP contribution in [0.25, 0.3) is 11.0 Å². The van der Waals surface area contributed by atoms with Crippen LogP contribution in [0.5, 0.6) is 0 Å². The molecule has 0 atom stereocenters. The van der Waals surface area contributed by atoms with Gasteiger partial charge in [-0.2, -0.15) is 0 Å². The zero-order chi connectivity index (χ0) is 11.7. The molecule has 0 amide bonds. The number of nitrogens with one attached hydrogen (secondary N) is 2. The van der Waals surface area contributed by atoms with Crippen molar-refractivity contribution in [3.63, 3.8) is 0 Å². The number of hydrogen-bond donors (Lipinski definition) is 3. The highest BCUT2D eigenvalue weighted by atomic mass is 16.5. The second kappa shape index (κ2) is 4.35. The van der Waals surface area contributed by atoms with Gasteiger partial charge in [-0.1, -0.05) is 0 Å². The Morgan fingerprint density at radius 1 is 1.35 bits per heavy atom. The molecule has 0 aliphatic carbocycles. The fourth-order valence-corrected chi connectivity index (χ4v) is 2.24. The zero-order valence-electron chi connectivity index (χ0n) is 9.70. The third-order valence-corrected chi connectivity index (χ3v) is 3.17. The Morgan fingerprint density at radius 3 is 3.00 bits per heavy atom. The number of aromatic nitrogens is 2. The molecule has 1 aromatic heterocycles. The summed E-state index contributed by atoms with van der Waals surface area (Å²) in [5, 5.41) is 0. The summed E-state index contributed by atoms with van der Waals surface area (Å²) in [6.07, 6.45) is 0. The number of nitrogens with zero attached hydrogens (tertiary/aromatic N) is 1. The van der Waals surface area contributed by atoms with E-state index in [4.69, 9.17) is 10.5 Å². The normalized spacial score (nSPS) is 17.6. The molecule has 1 fully saturated rings. The summed E-state index contributed by atoms with van der Waals surface area (Å²) >= 11 is 0. The summed E-state index contributed by atoms with van der Waals surface area (Å²) in [4.78, 5) is 9.42. The van der Waals surface area contributed by atoms with E-state index in [0.717, 1.165) is 55.4 Å². The molecule has 17 heavy (non-hydrogen) atoms. The quantitative estimate of drug-likeness (QED) is 0.616. The number of H-pyrrole nitrogens is 1. The average Bonchev–Trinajstić information content (AvgIpc) is 2.71. The van der Waals surface area contributed by atoms with Gasteiger partial charge in [0.15, 0.2) is 5.82 Å². The van der Waals surface area contributed by atoms with Crippen molar-refractivity contribution in [1.29, 1.82) is 0 Å². The summed E-state index contributed by atoms with van der Waals surface area (Å²) in [6.45, 7) is 4.74. The first-order valence-corrected chi connectivity index (χ1v) is 5.97. The van der Waals surface area contributed by atoms with E-state index in [-0.39, 0.29) is 0 Å². The molecule has 0 spiro atoms. The van der Waals surface area contributed by atoms with Crippen LogP contribution in [-0.2, 0) is 11.3 Å². The second-order valence-electron chi connectivity index (χ2n) is 4.50. The number of quaternary nitrogens is 1. The standard InChI is InChI=1S/C12H16N4O/c13-9-1-2-10-11(7-9)15-12(14-10)8-16-3-5-17-6-4-16/h1-2,7H,3-6,8,13H2,(H,14,15)/p+1. The lowest BCUT2D eigenvalue weighted by atomic mass is 10.3. The molecule has 0 bridgehead atoms. The molecule has 2 aromatic rings. The molecule has 2 heterocycles. The molecule has 1 saturated heterocycles. The molecule has 4 N–H and O–H groups in total. The van der Waals surface area contributed by atoms with Crippen LogP contribution in [0.15, 0.2) is 18.2 Å². The zero-order valence-corrected chi connectivity index (χ0v) is 9.70. The third kappa shape index (κ3) is 2.25. The van der Waals surface area contributed by atoms with E-state index in [1.54, 1.807) is 0 Å². The summed E-state index contributed by atoms with van der Waals surface area (Å²) < 4.78 is 5.34. The van der Waals surface area contributed by atoms with Gasteiger partial charge in [0.05, 0.1) is 24.2 Å². The van der Waals surface area contributed by atoms with Crippen molar-refractivity contribution >= 4 is 16.7 Å². The maximum Gasteiger partial charge on any atom is 0.162 e. The molecular weight excluding hydrogens is 216 g/mol. The van der Waals surface area contributed by atoms with Crippen molar-refractivity contribution in [3.8, 4) is 0 Å². The second-order valence-corrected chi connectivity index (χ2v) is 4.50. The molecule has 3 rings (SSSR count). The van der Waals surface area contributed by atoms with Crippen molar-refractivity contribution in [3.05, 3.63) is 24.0 Å². The highest BCUT2D eigenvalue weighted by molar-refractivity contribution is 5.78. The number of ether oxygens (including phenoxy) is 1. The Kier molecular flexibility index (Phi) is 2.70. The van der Waals surface area contributed by atoms with Gasteiger partial charge in [0.2, 0.25) is 0 Å². The molecule has 0 radical (unpaired) electrons. The number of morpholine rings is 1. The van der Waals surface area contributed by atoms with E-state index in [1.165, 1.54) is 4.90 Å². The van der Waals surface area contributed by atoms with Crippen molar-refractivity contribution in [1.82, 2.24) is 9.97 Å². The number of fused-ring (bicyclic) bond motifs is 1. The van der Waals surface area contributed by atoms with E-state index in [1.807, 2.05) is 18.2 Å². The lowest BCUT2D eigenvalue weighted by Gasteiger charge is -2.22. The summed E-state index contributed by atoms with van der Waals surface area (Å²) in [7, 11) is 0. The minimum Gasteiger partial charge on any atom is -0.399 e. The van der Waals surface area contributed by atoms with E-state index >= 15 is 0 Å². The van der Waals surface area contributed by atoms with Crippen LogP contribution >= 0.6 is 0 Å². The number of imidazole rings is 1. The number of benzene rings is 1. The number of rotatable bonds is 2. The first-order chi connectivity index (χ1) is 8.31. The Labute approximate surface area is 99.6 Å². The fourth-order valence-electron chi connectivity index (χ4n) is 2.24. The summed E-state index contributed by atoms with van der Waals surface area (Å²) in [5.41, 5.74) is 8.53. The summed E-state index contributed by atoms with van der Waals surface area (Å²) in [6, 6.07) is 5.77. The Bertz CT molecular complexity index is 516. The van der Waals surface area contributed by atoms with Gasteiger partial charge >= 0.3 is 0 Å². The van der Waals surface area contributed by atoms with E-state index in [0.29, 0.717) is 0 Å². The monoisotopic (exact) mass is 233 g/mol. The van der Waals surface area contributed by atoms with Gasteiger partial charge in [0.1, 0.15) is 19.6 Å². The van der Waals surface area contributed by atoms with Gasteiger partial charge in [0, 0.05) is 5.69 Å². The Morgan fingerprint density at radius 2 is 2.18 bits per heavy atom. The van der Waals surface area contributed by atoms with Gasteiger partial charge in [0.25, 0.3) is 0 Å². The Hall–Kier alpha value is -1.59. The van der Waals surface area contributed by atoms with Gasteiger partial charge in [-0.25, -0.2) is 4.98 Å². The van der Waals surface area contributed by atoms with E-state index in [2.05, 4.69) is 9.97 Å². The highest BCUT2D eigenvalue weighted by Gasteiger charge is 2.16. The molecular formula is C12H17N4O+. The molecule has 1 aliphatic rings. The van der Waals surface area contributed by atoms with Crippen molar-refractivity contribution in [2.75, 3.05) is 32.0 Å². The van der Waals surface area contributed by atoms with Crippen LogP contribution in [0.4, 0.5) is 5.69 Å². The first kappa shape index (κ1) is 10.6. The van der Waals surface area contributed by atoms with Crippen molar-refractivity contribution in [2.24, 2.45) is 0 Å². The molecule has 90 valence electrons.